The van der Waals surface area contributed by atoms with Gasteiger partial charge in [0.15, 0.2) is 5.76 Å². The van der Waals surface area contributed by atoms with Gasteiger partial charge in [0.05, 0.1) is 12.2 Å². The highest BCUT2D eigenvalue weighted by molar-refractivity contribution is 5.03. The average molecular weight is 223 g/mol. The van der Waals surface area contributed by atoms with Crippen LogP contribution in [0.5, 0.6) is 0 Å². The van der Waals surface area contributed by atoms with Gasteiger partial charge in [-0.1, -0.05) is 12.1 Å². The molecule has 1 aliphatic heterocycles. The molecule has 1 aromatic rings. The van der Waals surface area contributed by atoms with Gasteiger partial charge in [-0.2, -0.15) is 0 Å². The summed E-state index contributed by atoms with van der Waals surface area (Å²) in [5.74, 6) is 0.973. The van der Waals surface area contributed by atoms with Crippen LogP contribution in [0, 0.1) is 6.92 Å². The van der Waals surface area contributed by atoms with E-state index in [0.29, 0.717) is 12.1 Å². The maximum absolute atomic E-state index is 5.27. The molecule has 1 aromatic heterocycles. The van der Waals surface area contributed by atoms with Gasteiger partial charge in [0, 0.05) is 31.2 Å². The number of piperazine rings is 1. The molecule has 0 aliphatic carbocycles. The number of nitrogens with zero attached hydrogens (tertiary/aromatic N) is 2. The summed E-state index contributed by atoms with van der Waals surface area (Å²) in [5, 5.41) is 7.48. The summed E-state index contributed by atoms with van der Waals surface area (Å²) >= 11 is 0. The van der Waals surface area contributed by atoms with Crippen molar-refractivity contribution in [3.05, 3.63) is 17.5 Å². The van der Waals surface area contributed by atoms with Gasteiger partial charge in [0.1, 0.15) is 0 Å². The van der Waals surface area contributed by atoms with Crippen LogP contribution in [-0.2, 0) is 6.54 Å². The molecule has 2 rings (SSSR count). The zero-order valence-electron chi connectivity index (χ0n) is 10.4. The van der Waals surface area contributed by atoms with Gasteiger partial charge in [-0.3, -0.25) is 4.90 Å². The molecule has 90 valence electrons. The number of rotatable bonds is 3. The molecule has 1 fully saturated rings. The minimum atomic E-state index is 0.563. The molecule has 1 saturated heterocycles. The summed E-state index contributed by atoms with van der Waals surface area (Å²) in [6, 6.07) is 3.20. The van der Waals surface area contributed by atoms with Crippen LogP contribution >= 0.6 is 0 Å². The van der Waals surface area contributed by atoms with Gasteiger partial charge < -0.3 is 9.84 Å². The molecular formula is C12H21N3O. The summed E-state index contributed by atoms with van der Waals surface area (Å²) in [6.07, 6.45) is 1.18. The van der Waals surface area contributed by atoms with Gasteiger partial charge >= 0.3 is 0 Å². The summed E-state index contributed by atoms with van der Waals surface area (Å²) in [6.45, 7) is 9.47. The van der Waals surface area contributed by atoms with Gasteiger partial charge in [-0.05, 0) is 20.3 Å². The van der Waals surface area contributed by atoms with Crippen LogP contribution < -0.4 is 5.32 Å². The van der Waals surface area contributed by atoms with Crippen molar-refractivity contribution in [2.24, 2.45) is 0 Å². The van der Waals surface area contributed by atoms with Crippen LogP contribution in [0.2, 0.25) is 0 Å². The molecule has 1 aliphatic rings. The van der Waals surface area contributed by atoms with Crippen LogP contribution in [0.15, 0.2) is 10.6 Å². The average Bonchev–Trinajstić information content (AvgIpc) is 2.67. The summed E-state index contributed by atoms with van der Waals surface area (Å²) in [4.78, 5) is 2.46. The number of hydrogen-bond acceptors (Lipinski definition) is 4. The first-order chi connectivity index (χ1) is 7.69. The maximum atomic E-state index is 5.27. The zero-order valence-corrected chi connectivity index (χ0v) is 10.4. The first kappa shape index (κ1) is 11.6. The zero-order chi connectivity index (χ0) is 11.5. The lowest BCUT2D eigenvalue weighted by molar-refractivity contribution is 0.119. The molecule has 16 heavy (non-hydrogen) atoms. The lowest BCUT2D eigenvalue weighted by Gasteiger charge is -2.37. The molecule has 0 aromatic carbocycles. The van der Waals surface area contributed by atoms with Crippen molar-refractivity contribution in [2.75, 3.05) is 13.1 Å². The van der Waals surface area contributed by atoms with Gasteiger partial charge in [0.25, 0.3) is 0 Å². The first-order valence-electron chi connectivity index (χ1n) is 6.08. The van der Waals surface area contributed by atoms with Crippen molar-refractivity contribution in [1.29, 1.82) is 0 Å². The van der Waals surface area contributed by atoms with Gasteiger partial charge in [0.2, 0.25) is 0 Å². The Balaban J connectivity index is 1.96. The molecule has 0 spiro atoms. The largest absolute Gasteiger partial charge is 0.360 e. The minimum absolute atomic E-state index is 0.563. The number of hydrogen-bond donors (Lipinski definition) is 1. The summed E-state index contributed by atoms with van der Waals surface area (Å²) < 4.78 is 5.27. The molecule has 4 nitrogen and oxygen atoms in total. The van der Waals surface area contributed by atoms with E-state index in [4.69, 9.17) is 4.52 Å². The Kier molecular flexibility index (Phi) is 3.61. The van der Waals surface area contributed by atoms with E-state index in [1.165, 1.54) is 6.42 Å². The third-order valence-electron chi connectivity index (χ3n) is 3.31. The fourth-order valence-electron chi connectivity index (χ4n) is 2.18. The molecule has 0 bridgehead atoms. The van der Waals surface area contributed by atoms with E-state index < -0.39 is 0 Å². The van der Waals surface area contributed by atoms with Crippen LogP contribution in [0.4, 0.5) is 0 Å². The minimum Gasteiger partial charge on any atom is -0.360 e. The van der Waals surface area contributed by atoms with Gasteiger partial charge in [-0.15, -0.1) is 0 Å². The summed E-state index contributed by atoms with van der Waals surface area (Å²) in [7, 11) is 0. The molecular weight excluding hydrogens is 202 g/mol. The Morgan fingerprint density at radius 2 is 2.44 bits per heavy atom. The predicted octanol–water partition coefficient (Wildman–Crippen LogP) is 1.56. The Bertz CT molecular complexity index is 337. The van der Waals surface area contributed by atoms with Crippen molar-refractivity contribution < 1.29 is 4.52 Å². The standard InChI is InChI=1S/C12H21N3O/c1-4-11-7-15(10(3)6-13-11)8-12-5-9(2)14-16-12/h5,10-11,13H,4,6-8H2,1-3H3. The fraction of sp³-hybridized carbons (Fsp3) is 0.750. The molecule has 4 heteroatoms. The van der Waals surface area contributed by atoms with Crippen molar-refractivity contribution in [2.45, 2.75) is 45.8 Å². The van der Waals surface area contributed by atoms with Crippen LogP contribution in [-0.4, -0.2) is 35.2 Å². The SMILES string of the molecule is CCC1CN(Cc2cc(C)no2)C(C)CN1. The molecule has 1 N–H and O–H groups in total. The predicted molar refractivity (Wildman–Crippen MR) is 63.2 cm³/mol. The molecule has 0 saturated carbocycles. The van der Waals surface area contributed by atoms with E-state index in [2.05, 4.69) is 29.2 Å². The van der Waals surface area contributed by atoms with E-state index in [9.17, 15) is 0 Å². The highest BCUT2D eigenvalue weighted by Crippen LogP contribution is 2.14. The third-order valence-corrected chi connectivity index (χ3v) is 3.31. The molecule has 2 heterocycles. The van der Waals surface area contributed by atoms with E-state index >= 15 is 0 Å². The van der Waals surface area contributed by atoms with Crippen LogP contribution in [0.1, 0.15) is 31.7 Å². The second-order valence-corrected chi connectivity index (χ2v) is 4.73. The number of aryl methyl sites for hydroxylation is 1. The van der Waals surface area contributed by atoms with Crippen molar-refractivity contribution >= 4 is 0 Å². The van der Waals surface area contributed by atoms with Crippen molar-refractivity contribution in [1.82, 2.24) is 15.4 Å². The highest BCUT2D eigenvalue weighted by Gasteiger charge is 2.24. The third kappa shape index (κ3) is 2.62. The fourth-order valence-corrected chi connectivity index (χ4v) is 2.18. The Hall–Kier alpha value is -0.870. The first-order valence-corrected chi connectivity index (χ1v) is 6.08. The van der Waals surface area contributed by atoms with Gasteiger partial charge in [-0.25, -0.2) is 0 Å². The second-order valence-electron chi connectivity index (χ2n) is 4.73. The Labute approximate surface area is 97.0 Å². The van der Waals surface area contributed by atoms with Crippen LogP contribution in [0.3, 0.4) is 0 Å². The van der Waals surface area contributed by atoms with E-state index in [1.807, 2.05) is 13.0 Å². The van der Waals surface area contributed by atoms with Crippen LogP contribution in [0.25, 0.3) is 0 Å². The van der Waals surface area contributed by atoms with Crippen molar-refractivity contribution in [3.63, 3.8) is 0 Å². The normalized spacial score (nSPS) is 27.2. The molecule has 0 radical (unpaired) electrons. The van der Waals surface area contributed by atoms with Crippen molar-refractivity contribution in [3.8, 4) is 0 Å². The Morgan fingerprint density at radius 1 is 1.62 bits per heavy atom. The smallest absolute Gasteiger partial charge is 0.150 e. The summed E-state index contributed by atoms with van der Waals surface area (Å²) in [5.41, 5.74) is 0.963. The maximum Gasteiger partial charge on any atom is 0.150 e. The van der Waals surface area contributed by atoms with E-state index in [1.54, 1.807) is 0 Å². The monoisotopic (exact) mass is 223 g/mol. The lowest BCUT2D eigenvalue weighted by atomic mass is 10.1. The lowest BCUT2D eigenvalue weighted by Crippen LogP contribution is -2.54. The topological polar surface area (TPSA) is 41.3 Å². The van der Waals surface area contributed by atoms with E-state index in [-0.39, 0.29) is 0 Å². The van der Waals surface area contributed by atoms with E-state index in [0.717, 1.165) is 31.1 Å². The Morgan fingerprint density at radius 3 is 3.06 bits per heavy atom. The second kappa shape index (κ2) is 4.97. The quantitative estimate of drug-likeness (QED) is 0.844. The highest BCUT2D eigenvalue weighted by atomic mass is 16.5. The molecule has 2 unspecified atom stereocenters. The molecule has 2 atom stereocenters. The number of aromatic nitrogens is 1. The molecule has 0 amide bonds. The number of nitrogens with one attached hydrogen (secondary N) is 1.